The number of benzene rings is 2. The number of carbonyl (C=O) groups is 3. The maximum absolute atomic E-state index is 13.5. The maximum atomic E-state index is 13.5. The van der Waals surface area contributed by atoms with Gasteiger partial charge in [-0.25, -0.2) is 9.18 Å². The zero-order valence-electron chi connectivity index (χ0n) is 16.8. The normalized spacial score (nSPS) is 12.7. The van der Waals surface area contributed by atoms with Crippen LogP contribution >= 0.6 is 0 Å². The first-order chi connectivity index (χ1) is 14.8. The molecular weight excluding hydrogens is 401 g/mol. The van der Waals surface area contributed by atoms with E-state index in [0.29, 0.717) is 11.3 Å². The van der Waals surface area contributed by atoms with Crippen LogP contribution in [0.1, 0.15) is 18.2 Å². The summed E-state index contributed by atoms with van der Waals surface area (Å²) in [6, 6.07) is 14.3. The molecule has 3 aromatic rings. The molecule has 8 heteroatoms. The Morgan fingerprint density at radius 1 is 0.968 bits per heavy atom. The van der Waals surface area contributed by atoms with Crippen LogP contribution in [-0.4, -0.2) is 40.0 Å². The second kappa shape index (κ2) is 9.80. The van der Waals surface area contributed by atoms with Crippen molar-refractivity contribution in [3.63, 3.8) is 0 Å². The number of hydrogen-bond donors (Lipinski definition) is 3. The lowest BCUT2D eigenvalue weighted by Crippen LogP contribution is -2.52. The van der Waals surface area contributed by atoms with E-state index in [2.05, 4.69) is 15.6 Å². The smallest absolute Gasteiger partial charge is 0.326 e. The third-order valence-electron chi connectivity index (χ3n) is 4.71. The molecule has 0 bridgehead atoms. The molecule has 0 aliphatic carbocycles. The Morgan fingerprint density at radius 2 is 1.74 bits per heavy atom. The van der Waals surface area contributed by atoms with E-state index in [1.165, 1.54) is 25.1 Å². The van der Waals surface area contributed by atoms with E-state index in [4.69, 9.17) is 0 Å². The van der Waals surface area contributed by atoms with Crippen LogP contribution in [0.4, 0.5) is 4.39 Å². The van der Waals surface area contributed by atoms with Crippen LogP contribution in [0.25, 0.3) is 10.9 Å². The molecule has 2 atom stereocenters. The number of nitrogens with one attached hydrogen (secondary N) is 2. The van der Waals surface area contributed by atoms with Gasteiger partial charge in [0, 0.05) is 30.8 Å². The summed E-state index contributed by atoms with van der Waals surface area (Å²) in [5, 5.41) is 15.5. The highest BCUT2D eigenvalue weighted by atomic mass is 19.1. The van der Waals surface area contributed by atoms with Crippen molar-refractivity contribution in [1.82, 2.24) is 15.6 Å². The van der Waals surface area contributed by atoms with Gasteiger partial charge in [-0.3, -0.25) is 14.6 Å². The molecule has 2 aromatic carbocycles. The molecule has 0 radical (unpaired) electrons. The van der Waals surface area contributed by atoms with Crippen LogP contribution in [0.15, 0.2) is 60.7 Å². The van der Waals surface area contributed by atoms with Crippen LogP contribution < -0.4 is 10.6 Å². The number of hydrogen-bond acceptors (Lipinski definition) is 4. The summed E-state index contributed by atoms with van der Waals surface area (Å²) in [5.74, 6) is -2.83. The molecule has 0 aliphatic rings. The average molecular weight is 423 g/mol. The van der Waals surface area contributed by atoms with Crippen molar-refractivity contribution < 1.29 is 23.9 Å². The van der Waals surface area contributed by atoms with Gasteiger partial charge in [-0.05, 0) is 29.8 Å². The molecule has 160 valence electrons. The number of aromatic nitrogens is 1. The molecule has 0 spiro atoms. The fourth-order valence-corrected chi connectivity index (χ4v) is 3.26. The Morgan fingerprint density at radius 3 is 2.45 bits per heavy atom. The standard InChI is InChI=1S/C23H22FN3O4/c1-14(28)25-20(12-15-5-4-7-17(24)11-15)22(29)27-21(23(30)31)13-18-10-9-16-6-2-3-8-19(16)26-18/h2-11,20-21H,12-13H2,1H3,(H,25,28)(H,27,29)(H,30,31)/t20-,21-/m0/s1. The highest BCUT2D eigenvalue weighted by molar-refractivity contribution is 5.90. The van der Waals surface area contributed by atoms with Crippen LogP contribution in [0.5, 0.6) is 0 Å². The van der Waals surface area contributed by atoms with Crippen molar-refractivity contribution in [2.45, 2.75) is 31.8 Å². The van der Waals surface area contributed by atoms with Gasteiger partial charge in [0.2, 0.25) is 11.8 Å². The number of carbonyl (C=O) groups excluding carboxylic acids is 2. The van der Waals surface area contributed by atoms with Gasteiger partial charge in [-0.15, -0.1) is 0 Å². The lowest BCUT2D eigenvalue weighted by atomic mass is 10.0. The molecule has 1 aromatic heterocycles. The Kier molecular flexibility index (Phi) is 6.92. The minimum Gasteiger partial charge on any atom is -0.480 e. The van der Waals surface area contributed by atoms with Crippen LogP contribution in [0.3, 0.4) is 0 Å². The number of halogens is 1. The van der Waals surface area contributed by atoms with Gasteiger partial charge < -0.3 is 15.7 Å². The van der Waals surface area contributed by atoms with Crippen LogP contribution in [-0.2, 0) is 27.2 Å². The van der Waals surface area contributed by atoms with Crippen molar-refractivity contribution in [3.05, 3.63) is 77.7 Å². The molecule has 2 amide bonds. The van der Waals surface area contributed by atoms with E-state index >= 15 is 0 Å². The fraction of sp³-hybridized carbons (Fsp3) is 0.217. The molecule has 0 saturated carbocycles. The highest BCUT2D eigenvalue weighted by Gasteiger charge is 2.27. The fourth-order valence-electron chi connectivity index (χ4n) is 3.26. The van der Waals surface area contributed by atoms with Crippen LogP contribution in [0, 0.1) is 5.82 Å². The summed E-state index contributed by atoms with van der Waals surface area (Å²) in [5.41, 5.74) is 1.72. The molecular formula is C23H22FN3O4. The number of aliphatic carboxylic acids is 1. The van der Waals surface area contributed by atoms with Gasteiger partial charge in [-0.2, -0.15) is 0 Å². The van der Waals surface area contributed by atoms with E-state index in [9.17, 15) is 23.9 Å². The van der Waals surface area contributed by atoms with Crippen molar-refractivity contribution >= 4 is 28.7 Å². The van der Waals surface area contributed by atoms with Gasteiger partial charge in [0.25, 0.3) is 0 Å². The van der Waals surface area contributed by atoms with Crippen molar-refractivity contribution in [1.29, 1.82) is 0 Å². The minimum absolute atomic E-state index is 0.0176. The maximum Gasteiger partial charge on any atom is 0.326 e. The number of fused-ring (bicyclic) bond motifs is 1. The molecule has 31 heavy (non-hydrogen) atoms. The molecule has 3 N–H and O–H groups in total. The summed E-state index contributed by atoms with van der Waals surface area (Å²) in [6.07, 6.45) is -0.0115. The third-order valence-corrected chi connectivity index (χ3v) is 4.71. The Labute approximate surface area is 178 Å². The molecule has 7 nitrogen and oxygen atoms in total. The van der Waals surface area contributed by atoms with Crippen molar-refractivity contribution in [2.75, 3.05) is 0 Å². The quantitative estimate of drug-likeness (QED) is 0.515. The molecule has 0 saturated heterocycles. The van der Waals surface area contributed by atoms with E-state index in [1.54, 1.807) is 12.1 Å². The third kappa shape index (κ3) is 6.08. The summed E-state index contributed by atoms with van der Waals surface area (Å²) in [4.78, 5) is 40.6. The van der Waals surface area contributed by atoms with E-state index in [0.717, 1.165) is 10.9 Å². The first-order valence-corrected chi connectivity index (χ1v) is 9.71. The number of para-hydroxylation sites is 1. The Hall–Kier alpha value is -3.81. The largest absolute Gasteiger partial charge is 0.480 e. The Bertz CT molecular complexity index is 1120. The van der Waals surface area contributed by atoms with Gasteiger partial charge in [0.1, 0.15) is 17.9 Å². The lowest BCUT2D eigenvalue weighted by molar-refractivity contribution is -0.142. The van der Waals surface area contributed by atoms with Crippen molar-refractivity contribution in [3.8, 4) is 0 Å². The summed E-state index contributed by atoms with van der Waals surface area (Å²) < 4.78 is 13.5. The topological polar surface area (TPSA) is 108 Å². The second-order valence-corrected chi connectivity index (χ2v) is 7.19. The summed E-state index contributed by atoms with van der Waals surface area (Å²) in [7, 11) is 0. The van der Waals surface area contributed by atoms with Crippen LogP contribution in [0.2, 0.25) is 0 Å². The number of carboxylic acids is 1. The number of amides is 2. The van der Waals surface area contributed by atoms with Crippen molar-refractivity contribution in [2.24, 2.45) is 0 Å². The average Bonchev–Trinajstić information content (AvgIpc) is 2.72. The van der Waals surface area contributed by atoms with Gasteiger partial charge >= 0.3 is 5.97 Å². The van der Waals surface area contributed by atoms with E-state index in [1.807, 2.05) is 30.3 Å². The van der Waals surface area contributed by atoms with E-state index in [-0.39, 0.29) is 12.8 Å². The van der Waals surface area contributed by atoms with Gasteiger partial charge in [0.05, 0.1) is 5.52 Å². The number of rotatable bonds is 8. The van der Waals surface area contributed by atoms with Gasteiger partial charge in [-0.1, -0.05) is 36.4 Å². The first-order valence-electron chi connectivity index (χ1n) is 9.71. The monoisotopic (exact) mass is 423 g/mol. The zero-order valence-corrected chi connectivity index (χ0v) is 16.8. The zero-order chi connectivity index (χ0) is 22.4. The molecule has 0 unspecified atom stereocenters. The number of carboxylic acid groups (broad SMARTS) is 1. The molecule has 1 heterocycles. The molecule has 3 rings (SSSR count). The first kappa shape index (κ1) is 21.9. The lowest BCUT2D eigenvalue weighted by Gasteiger charge is -2.21. The predicted octanol–water partition coefficient (Wildman–Crippen LogP) is 2.23. The van der Waals surface area contributed by atoms with E-state index < -0.39 is 35.7 Å². The van der Waals surface area contributed by atoms with Gasteiger partial charge in [0.15, 0.2) is 0 Å². The molecule has 0 aliphatic heterocycles. The molecule has 0 fully saturated rings. The highest BCUT2D eigenvalue weighted by Crippen LogP contribution is 2.13. The number of pyridine rings is 1. The minimum atomic E-state index is -1.25. The number of nitrogens with zero attached hydrogens (tertiary/aromatic N) is 1. The second-order valence-electron chi connectivity index (χ2n) is 7.19. The summed E-state index contributed by atoms with van der Waals surface area (Å²) in [6.45, 7) is 1.25. The SMILES string of the molecule is CC(=O)N[C@@H](Cc1cccc(F)c1)C(=O)N[C@@H](Cc1ccc2ccccc2n1)C(=O)O. The Balaban J connectivity index is 1.75. The summed E-state index contributed by atoms with van der Waals surface area (Å²) >= 11 is 0. The predicted molar refractivity (Wildman–Crippen MR) is 113 cm³/mol.